The lowest BCUT2D eigenvalue weighted by Gasteiger charge is -2.21. The van der Waals surface area contributed by atoms with Crippen molar-refractivity contribution in [3.8, 4) is 0 Å². The van der Waals surface area contributed by atoms with Gasteiger partial charge < -0.3 is 15.1 Å². The summed E-state index contributed by atoms with van der Waals surface area (Å²) in [7, 11) is 0. The van der Waals surface area contributed by atoms with Crippen LogP contribution in [0.2, 0.25) is 0 Å². The molecule has 0 bridgehead atoms. The van der Waals surface area contributed by atoms with Crippen LogP contribution in [-0.2, 0) is 9.59 Å². The molecular formula is C15H22ClN3O2. The van der Waals surface area contributed by atoms with Gasteiger partial charge in [0.1, 0.15) is 0 Å². The predicted octanol–water partition coefficient (Wildman–Crippen LogP) is 1.60. The largest absolute Gasteiger partial charge is 0.376 e. The highest BCUT2D eigenvalue weighted by Crippen LogP contribution is 2.07. The Balaban J connectivity index is 0.00000220. The topological polar surface area (TPSA) is 52.7 Å². The maximum Gasteiger partial charge on any atom is 0.241 e. The molecule has 5 nitrogen and oxygen atoms in total. The van der Waals surface area contributed by atoms with Crippen LogP contribution in [0.1, 0.15) is 13.3 Å². The molecule has 0 atom stereocenters. The van der Waals surface area contributed by atoms with E-state index in [0.29, 0.717) is 19.6 Å². The lowest BCUT2D eigenvalue weighted by atomic mass is 10.3. The van der Waals surface area contributed by atoms with Gasteiger partial charge >= 0.3 is 0 Å². The molecule has 1 aliphatic heterocycles. The summed E-state index contributed by atoms with van der Waals surface area (Å²) in [5, 5.41) is 3.12. The molecule has 1 aromatic rings. The molecule has 0 radical (unpaired) electrons. The van der Waals surface area contributed by atoms with Crippen LogP contribution in [0.15, 0.2) is 30.3 Å². The smallest absolute Gasteiger partial charge is 0.241 e. The minimum Gasteiger partial charge on any atom is -0.376 e. The lowest BCUT2D eigenvalue weighted by Crippen LogP contribution is -2.39. The Morgan fingerprint density at radius 1 is 1.05 bits per heavy atom. The monoisotopic (exact) mass is 311 g/mol. The minimum absolute atomic E-state index is 0. The molecule has 1 saturated heterocycles. The van der Waals surface area contributed by atoms with E-state index in [2.05, 4.69) is 5.32 Å². The van der Waals surface area contributed by atoms with Gasteiger partial charge in [-0.1, -0.05) is 18.2 Å². The third kappa shape index (κ3) is 5.27. The fraction of sp³-hybridized carbons (Fsp3) is 0.467. The zero-order valence-corrected chi connectivity index (χ0v) is 13.1. The summed E-state index contributed by atoms with van der Waals surface area (Å²) in [5.74, 6) is 0.168. The molecule has 1 aromatic carbocycles. The number of benzene rings is 1. The van der Waals surface area contributed by atoms with E-state index in [-0.39, 0.29) is 24.2 Å². The molecule has 1 fully saturated rings. The van der Waals surface area contributed by atoms with Crippen molar-refractivity contribution < 1.29 is 9.59 Å². The number of nitrogens with one attached hydrogen (secondary N) is 1. The van der Waals surface area contributed by atoms with Crippen molar-refractivity contribution in [1.82, 2.24) is 9.80 Å². The summed E-state index contributed by atoms with van der Waals surface area (Å²) in [4.78, 5) is 27.1. The normalized spacial score (nSPS) is 14.9. The highest BCUT2D eigenvalue weighted by molar-refractivity contribution is 5.85. The van der Waals surface area contributed by atoms with Crippen LogP contribution in [0.25, 0.3) is 0 Å². The molecule has 21 heavy (non-hydrogen) atoms. The molecule has 2 amide bonds. The average molecular weight is 312 g/mol. The van der Waals surface area contributed by atoms with Gasteiger partial charge in [0.2, 0.25) is 11.8 Å². The fourth-order valence-corrected chi connectivity index (χ4v) is 2.33. The third-order valence-corrected chi connectivity index (χ3v) is 3.51. The van der Waals surface area contributed by atoms with Crippen LogP contribution in [0.3, 0.4) is 0 Å². The van der Waals surface area contributed by atoms with E-state index in [1.54, 1.807) is 11.8 Å². The zero-order valence-electron chi connectivity index (χ0n) is 12.2. The van der Waals surface area contributed by atoms with Gasteiger partial charge in [-0.3, -0.25) is 9.59 Å². The summed E-state index contributed by atoms with van der Waals surface area (Å²) in [6.45, 7) is 4.59. The van der Waals surface area contributed by atoms with Crippen LogP contribution in [0, 0.1) is 0 Å². The Morgan fingerprint density at radius 3 is 2.33 bits per heavy atom. The van der Waals surface area contributed by atoms with E-state index < -0.39 is 0 Å². The number of halogens is 1. The van der Waals surface area contributed by atoms with E-state index in [1.165, 1.54) is 0 Å². The highest BCUT2D eigenvalue weighted by atomic mass is 35.5. The van der Waals surface area contributed by atoms with Crippen molar-refractivity contribution in [2.24, 2.45) is 0 Å². The maximum absolute atomic E-state index is 12.2. The number of hydrogen-bond donors (Lipinski definition) is 1. The van der Waals surface area contributed by atoms with E-state index in [4.69, 9.17) is 0 Å². The van der Waals surface area contributed by atoms with Crippen molar-refractivity contribution >= 4 is 29.9 Å². The molecule has 0 aromatic heterocycles. The minimum atomic E-state index is 0. The number of para-hydroxylation sites is 1. The maximum atomic E-state index is 12.2. The zero-order chi connectivity index (χ0) is 14.4. The second-order valence-corrected chi connectivity index (χ2v) is 4.96. The van der Waals surface area contributed by atoms with E-state index in [1.807, 2.05) is 35.2 Å². The SMILES string of the molecule is CC(=O)N1CCCN(C(=O)CNc2ccccc2)CC1.Cl. The number of carbonyl (C=O) groups excluding carboxylic acids is 2. The lowest BCUT2D eigenvalue weighted by molar-refractivity contribution is -0.131. The average Bonchev–Trinajstić information content (AvgIpc) is 2.72. The summed E-state index contributed by atoms with van der Waals surface area (Å²) < 4.78 is 0. The summed E-state index contributed by atoms with van der Waals surface area (Å²) in [6, 6.07) is 9.69. The number of rotatable bonds is 3. The number of hydrogen-bond acceptors (Lipinski definition) is 3. The van der Waals surface area contributed by atoms with Crippen LogP contribution < -0.4 is 5.32 Å². The van der Waals surface area contributed by atoms with Crippen molar-refractivity contribution in [2.45, 2.75) is 13.3 Å². The Bertz CT molecular complexity index is 467. The number of nitrogens with zero attached hydrogens (tertiary/aromatic N) is 2. The summed E-state index contributed by atoms with van der Waals surface area (Å²) >= 11 is 0. The first kappa shape index (κ1) is 17.3. The van der Waals surface area contributed by atoms with E-state index in [9.17, 15) is 9.59 Å². The van der Waals surface area contributed by atoms with Gasteiger partial charge in [-0.2, -0.15) is 0 Å². The van der Waals surface area contributed by atoms with Gasteiger partial charge in [-0.15, -0.1) is 12.4 Å². The van der Waals surface area contributed by atoms with Gasteiger partial charge in [0.25, 0.3) is 0 Å². The molecule has 6 heteroatoms. The molecule has 0 saturated carbocycles. The molecule has 1 heterocycles. The van der Waals surface area contributed by atoms with Crippen LogP contribution >= 0.6 is 12.4 Å². The Hall–Kier alpha value is -1.75. The first-order valence-corrected chi connectivity index (χ1v) is 6.99. The van der Waals surface area contributed by atoms with Crippen molar-refractivity contribution in [1.29, 1.82) is 0 Å². The Morgan fingerprint density at radius 2 is 1.67 bits per heavy atom. The van der Waals surface area contributed by atoms with Gasteiger partial charge in [-0.05, 0) is 18.6 Å². The fourth-order valence-electron chi connectivity index (χ4n) is 2.33. The second-order valence-electron chi connectivity index (χ2n) is 4.96. The number of amides is 2. The second kappa shape index (κ2) is 8.52. The van der Waals surface area contributed by atoms with Crippen molar-refractivity contribution in [2.75, 3.05) is 38.0 Å². The molecule has 2 rings (SSSR count). The van der Waals surface area contributed by atoms with E-state index >= 15 is 0 Å². The van der Waals surface area contributed by atoms with Crippen molar-refractivity contribution in [3.63, 3.8) is 0 Å². The van der Waals surface area contributed by atoms with Crippen molar-refractivity contribution in [3.05, 3.63) is 30.3 Å². The number of anilines is 1. The molecule has 0 unspecified atom stereocenters. The first-order chi connectivity index (χ1) is 9.66. The van der Waals surface area contributed by atoms with Crippen LogP contribution in [0.4, 0.5) is 5.69 Å². The number of carbonyl (C=O) groups is 2. The van der Waals surface area contributed by atoms with Gasteiger partial charge in [0.05, 0.1) is 6.54 Å². The van der Waals surface area contributed by atoms with Crippen LogP contribution in [-0.4, -0.2) is 54.3 Å². The highest BCUT2D eigenvalue weighted by Gasteiger charge is 2.19. The third-order valence-electron chi connectivity index (χ3n) is 3.51. The molecule has 0 aliphatic carbocycles. The first-order valence-electron chi connectivity index (χ1n) is 6.99. The van der Waals surface area contributed by atoms with E-state index in [0.717, 1.165) is 25.2 Å². The molecule has 0 spiro atoms. The van der Waals surface area contributed by atoms with Gasteiger partial charge in [0, 0.05) is 38.8 Å². The van der Waals surface area contributed by atoms with Gasteiger partial charge in [-0.25, -0.2) is 0 Å². The predicted molar refractivity (Wildman–Crippen MR) is 85.6 cm³/mol. The standard InChI is InChI=1S/C15H21N3O2.ClH/c1-13(19)17-8-5-9-18(11-10-17)15(20)12-16-14-6-3-2-4-7-14;/h2-4,6-7,16H,5,8-12H2,1H3;1H. The quantitative estimate of drug-likeness (QED) is 0.922. The molecular weight excluding hydrogens is 290 g/mol. The van der Waals surface area contributed by atoms with Gasteiger partial charge in [0.15, 0.2) is 0 Å². The Kier molecular flexibility index (Phi) is 7.02. The summed E-state index contributed by atoms with van der Waals surface area (Å²) in [6.07, 6.45) is 0.844. The molecule has 1 aliphatic rings. The van der Waals surface area contributed by atoms with Crippen LogP contribution in [0.5, 0.6) is 0 Å². The molecule has 1 N–H and O–H groups in total. The summed E-state index contributed by atoms with van der Waals surface area (Å²) in [5.41, 5.74) is 0.945. The Labute approximate surface area is 131 Å². The molecule has 116 valence electrons.